The molecule has 1 fully saturated rings. The molecule has 1 aliphatic carbocycles. The SMILES string of the molecule is CN(C)CC1(c2cccc(CN3Cc4c(N)cccc4C3=O)c2)CC1. The molecule has 0 saturated heterocycles. The molecule has 4 rings (SSSR count). The molecule has 130 valence electrons. The zero-order valence-electron chi connectivity index (χ0n) is 15.0. The molecule has 2 N–H and O–H groups in total. The summed E-state index contributed by atoms with van der Waals surface area (Å²) < 4.78 is 0. The van der Waals surface area contributed by atoms with Gasteiger partial charge in [-0.05, 0) is 50.2 Å². The predicted octanol–water partition coefficient (Wildman–Crippen LogP) is 3.02. The quantitative estimate of drug-likeness (QED) is 0.855. The van der Waals surface area contributed by atoms with E-state index in [0.717, 1.165) is 17.7 Å². The van der Waals surface area contributed by atoms with Crippen molar-refractivity contribution in [1.29, 1.82) is 0 Å². The van der Waals surface area contributed by atoms with Crippen LogP contribution in [0.25, 0.3) is 0 Å². The molecule has 0 atom stereocenters. The van der Waals surface area contributed by atoms with Crippen LogP contribution in [0, 0.1) is 0 Å². The highest BCUT2D eigenvalue weighted by molar-refractivity contribution is 5.99. The van der Waals surface area contributed by atoms with Crippen LogP contribution in [-0.2, 0) is 18.5 Å². The van der Waals surface area contributed by atoms with Crippen molar-refractivity contribution < 1.29 is 4.79 Å². The Morgan fingerprint density at radius 3 is 2.60 bits per heavy atom. The van der Waals surface area contributed by atoms with E-state index in [9.17, 15) is 4.79 Å². The maximum absolute atomic E-state index is 12.7. The van der Waals surface area contributed by atoms with Crippen LogP contribution in [0.1, 0.15) is 39.9 Å². The van der Waals surface area contributed by atoms with E-state index in [0.29, 0.717) is 24.2 Å². The molecular weight excluding hydrogens is 310 g/mol. The average Bonchev–Trinajstić information content (AvgIpc) is 3.28. The number of amides is 1. The van der Waals surface area contributed by atoms with Gasteiger partial charge in [0, 0.05) is 41.9 Å². The number of hydrogen-bond donors (Lipinski definition) is 1. The molecule has 0 radical (unpaired) electrons. The summed E-state index contributed by atoms with van der Waals surface area (Å²) in [5, 5.41) is 0. The molecule has 0 bridgehead atoms. The minimum absolute atomic E-state index is 0.0853. The second-order valence-electron chi connectivity index (χ2n) is 7.75. The number of fused-ring (bicyclic) bond motifs is 1. The Bertz CT molecular complexity index is 824. The first-order chi connectivity index (χ1) is 12.0. The second-order valence-corrected chi connectivity index (χ2v) is 7.75. The van der Waals surface area contributed by atoms with Crippen molar-refractivity contribution in [2.45, 2.75) is 31.3 Å². The Labute approximate surface area is 149 Å². The van der Waals surface area contributed by atoms with Crippen molar-refractivity contribution in [3.8, 4) is 0 Å². The monoisotopic (exact) mass is 335 g/mol. The van der Waals surface area contributed by atoms with E-state index in [1.54, 1.807) is 0 Å². The van der Waals surface area contributed by atoms with E-state index < -0.39 is 0 Å². The highest BCUT2D eigenvalue weighted by atomic mass is 16.2. The highest BCUT2D eigenvalue weighted by Crippen LogP contribution is 2.48. The van der Waals surface area contributed by atoms with Gasteiger partial charge in [0.25, 0.3) is 5.91 Å². The van der Waals surface area contributed by atoms with E-state index in [1.807, 2.05) is 23.1 Å². The normalized spacial score (nSPS) is 17.9. The zero-order valence-corrected chi connectivity index (χ0v) is 15.0. The van der Waals surface area contributed by atoms with Crippen LogP contribution < -0.4 is 5.73 Å². The number of anilines is 1. The smallest absolute Gasteiger partial charge is 0.254 e. The molecule has 1 heterocycles. The van der Waals surface area contributed by atoms with Gasteiger partial charge in [0.05, 0.1) is 0 Å². The molecule has 4 nitrogen and oxygen atoms in total. The maximum atomic E-state index is 12.7. The van der Waals surface area contributed by atoms with Crippen LogP contribution in [0.5, 0.6) is 0 Å². The maximum Gasteiger partial charge on any atom is 0.254 e. The summed E-state index contributed by atoms with van der Waals surface area (Å²) >= 11 is 0. The van der Waals surface area contributed by atoms with Crippen molar-refractivity contribution in [2.24, 2.45) is 0 Å². The lowest BCUT2D eigenvalue weighted by molar-refractivity contribution is 0.0767. The van der Waals surface area contributed by atoms with Crippen molar-refractivity contribution in [3.63, 3.8) is 0 Å². The predicted molar refractivity (Wildman–Crippen MR) is 100 cm³/mol. The van der Waals surface area contributed by atoms with E-state index >= 15 is 0 Å². The number of likely N-dealkylation sites (N-methyl/N-ethyl adjacent to an activating group) is 1. The Hall–Kier alpha value is -2.33. The van der Waals surface area contributed by atoms with Gasteiger partial charge >= 0.3 is 0 Å². The summed E-state index contributed by atoms with van der Waals surface area (Å²) in [5.74, 6) is 0.0853. The standard InChI is InChI=1S/C21H25N3O/c1-23(2)14-21(9-10-21)16-6-3-5-15(11-16)12-24-13-18-17(20(24)25)7-4-8-19(18)22/h3-8,11H,9-10,12-14,22H2,1-2H3. The summed E-state index contributed by atoms with van der Waals surface area (Å²) in [6.07, 6.45) is 2.50. The first-order valence-electron chi connectivity index (χ1n) is 8.89. The topological polar surface area (TPSA) is 49.6 Å². The summed E-state index contributed by atoms with van der Waals surface area (Å²) in [7, 11) is 4.27. The van der Waals surface area contributed by atoms with Crippen molar-refractivity contribution in [1.82, 2.24) is 9.80 Å². The van der Waals surface area contributed by atoms with Gasteiger partial charge in [-0.3, -0.25) is 4.79 Å². The summed E-state index contributed by atoms with van der Waals surface area (Å²) in [5.41, 5.74) is 11.4. The lowest BCUT2D eigenvalue weighted by Crippen LogP contribution is -2.26. The number of benzene rings is 2. The Morgan fingerprint density at radius 1 is 1.16 bits per heavy atom. The van der Waals surface area contributed by atoms with E-state index in [4.69, 9.17) is 5.73 Å². The van der Waals surface area contributed by atoms with Gasteiger partial charge in [-0.15, -0.1) is 0 Å². The third kappa shape index (κ3) is 2.91. The van der Waals surface area contributed by atoms with Crippen LogP contribution in [0.3, 0.4) is 0 Å². The largest absolute Gasteiger partial charge is 0.398 e. The molecule has 4 heteroatoms. The number of nitrogens with two attached hydrogens (primary N) is 1. The van der Waals surface area contributed by atoms with E-state index in [2.05, 4.69) is 43.3 Å². The van der Waals surface area contributed by atoms with Crippen LogP contribution in [0.15, 0.2) is 42.5 Å². The van der Waals surface area contributed by atoms with Crippen molar-refractivity contribution in [2.75, 3.05) is 26.4 Å². The third-order valence-electron chi connectivity index (χ3n) is 5.46. The minimum atomic E-state index is 0.0853. The molecule has 1 aliphatic heterocycles. The number of hydrogen-bond acceptors (Lipinski definition) is 3. The minimum Gasteiger partial charge on any atom is -0.398 e. The van der Waals surface area contributed by atoms with Gasteiger partial charge in [-0.25, -0.2) is 0 Å². The van der Waals surface area contributed by atoms with E-state index in [1.165, 1.54) is 24.0 Å². The number of carbonyl (C=O) groups is 1. The summed E-state index contributed by atoms with van der Waals surface area (Å²) in [4.78, 5) is 16.8. The second kappa shape index (κ2) is 5.88. The molecule has 0 aromatic heterocycles. The van der Waals surface area contributed by atoms with E-state index in [-0.39, 0.29) is 5.91 Å². The van der Waals surface area contributed by atoms with Crippen molar-refractivity contribution >= 4 is 11.6 Å². The average molecular weight is 335 g/mol. The van der Waals surface area contributed by atoms with Gasteiger partial charge in [0.15, 0.2) is 0 Å². The molecule has 25 heavy (non-hydrogen) atoms. The number of nitrogen functional groups attached to an aromatic ring is 1. The number of carbonyl (C=O) groups excluding carboxylic acids is 1. The fraction of sp³-hybridized carbons (Fsp3) is 0.381. The van der Waals surface area contributed by atoms with Crippen LogP contribution in [0.2, 0.25) is 0 Å². The fourth-order valence-electron chi connectivity index (χ4n) is 4.06. The first kappa shape index (κ1) is 16.2. The summed E-state index contributed by atoms with van der Waals surface area (Å²) in [6, 6.07) is 14.4. The number of nitrogens with zero attached hydrogens (tertiary/aromatic N) is 2. The van der Waals surface area contributed by atoms with Crippen LogP contribution in [0.4, 0.5) is 5.69 Å². The van der Waals surface area contributed by atoms with Gasteiger partial charge in [-0.2, -0.15) is 0 Å². The molecule has 2 aliphatic rings. The Morgan fingerprint density at radius 2 is 1.92 bits per heavy atom. The molecule has 1 amide bonds. The van der Waals surface area contributed by atoms with Gasteiger partial charge < -0.3 is 15.5 Å². The highest BCUT2D eigenvalue weighted by Gasteiger charge is 2.44. The zero-order chi connectivity index (χ0) is 17.6. The van der Waals surface area contributed by atoms with Crippen molar-refractivity contribution in [3.05, 3.63) is 64.7 Å². The van der Waals surface area contributed by atoms with Gasteiger partial charge in [0.1, 0.15) is 0 Å². The first-order valence-corrected chi connectivity index (χ1v) is 8.89. The van der Waals surface area contributed by atoms with Gasteiger partial charge in [0.2, 0.25) is 0 Å². The Balaban J connectivity index is 1.54. The molecule has 1 saturated carbocycles. The van der Waals surface area contributed by atoms with Crippen LogP contribution in [-0.4, -0.2) is 36.3 Å². The molecule has 2 aromatic rings. The third-order valence-corrected chi connectivity index (χ3v) is 5.46. The number of rotatable bonds is 5. The lowest BCUT2D eigenvalue weighted by atomic mass is 9.94. The van der Waals surface area contributed by atoms with Crippen LogP contribution >= 0.6 is 0 Å². The molecule has 2 aromatic carbocycles. The molecular formula is C21H25N3O. The fourth-order valence-corrected chi connectivity index (χ4v) is 4.06. The Kier molecular flexibility index (Phi) is 3.80. The molecule has 0 unspecified atom stereocenters. The van der Waals surface area contributed by atoms with Gasteiger partial charge in [-0.1, -0.05) is 30.3 Å². The molecule has 0 spiro atoms. The summed E-state index contributed by atoms with van der Waals surface area (Å²) in [6.45, 7) is 2.33. The lowest BCUT2D eigenvalue weighted by Gasteiger charge is -2.22.